The molecule has 0 aromatic heterocycles. The van der Waals surface area contributed by atoms with Gasteiger partial charge in [0.2, 0.25) is 0 Å². The molecule has 1 unspecified atom stereocenters. The summed E-state index contributed by atoms with van der Waals surface area (Å²) in [6.45, 7) is 8.03. The van der Waals surface area contributed by atoms with Crippen LogP contribution in [0.3, 0.4) is 0 Å². The van der Waals surface area contributed by atoms with E-state index in [1.54, 1.807) is 0 Å². The van der Waals surface area contributed by atoms with E-state index >= 15 is 0 Å². The molecule has 0 heterocycles. The molecule has 0 saturated carbocycles. The van der Waals surface area contributed by atoms with Gasteiger partial charge in [0, 0.05) is 11.7 Å². The van der Waals surface area contributed by atoms with Crippen molar-refractivity contribution in [3.05, 3.63) is 29.6 Å². The third-order valence-electron chi connectivity index (χ3n) is 2.90. The van der Waals surface area contributed by atoms with Crippen LogP contribution in [0.25, 0.3) is 0 Å². The molecular weight excluding hydrogens is 219 g/mol. The Balaban J connectivity index is 2.84. The highest BCUT2D eigenvalue weighted by Crippen LogP contribution is 2.20. The van der Waals surface area contributed by atoms with E-state index in [4.69, 9.17) is 5.73 Å². The minimum Gasteiger partial charge on any atom is -0.398 e. The van der Waals surface area contributed by atoms with Crippen molar-refractivity contribution in [2.24, 2.45) is 5.41 Å². The quantitative estimate of drug-likeness (QED) is 0.778. The van der Waals surface area contributed by atoms with E-state index in [1.165, 1.54) is 12.1 Å². The number of carbonyl (C=O) groups excluding carboxylic acids is 1. The number of hydrogen-bond donors (Lipinski definition) is 2. The number of carbonyl (C=O) groups is 1. The molecule has 0 spiro atoms. The van der Waals surface area contributed by atoms with E-state index < -0.39 is 5.82 Å². The van der Waals surface area contributed by atoms with Crippen molar-refractivity contribution in [3.8, 4) is 0 Å². The smallest absolute Gasteiger partial charge is 0.253 e. The first-order valence-electron chi connectivity index (χ1n) is 5.57. The van der Waals surface area contributed by atoms with E-state index in [1.807, 2.05) is 27.7 Å². The molecule has 0 aliphatic rings. The number of anilines is 1. The van der Waals surface area contributed by atoms with Gasteiger partial charge in [0.15, 0.2) is 0 Å². The second kappa shape index (κ2) is 4.73. The third kappa shape index (κ3) is 3.44. The highest BCUT2D eigenvalue weighted by atomic mass is 19.1. The number of nitrogens with two attached hydrogens (primary N) is 1. The number of nitrogens with one attached hydrogen (secondary N) is 1. The van der Waals surface area contributed by atoms with Crippen LogP contribution < -0.4 is 11.1 Å². The van der Waals surface area contributed by atoms with E-state index in [2.05, 4.69) is 5.32 Å². The predicted molar refractivity (Wildman–Crippen MR) is 67.2 cm³/mol. The lowest BCUT2D eigenvalue weighted by molar-refractivity contribution is 0.0911. The summed E-state index contributed by atoms with van der Waals surface area (Å²) in [5.41, 5.74) is 6.03. The van der Waals surface area contributed by atoms with Crippen LogP contribution in [0.5, 0.6) is 0 Å². The second-order valence-electron chi connectivity index (χ2n) is 5.29. The summed E-state index contributed by atoms with van der Waals surface area (Å²) >= 11 is 0. The van der Waals surface area contributed by atoms with E-state index in [-0.39, 0.29) is 23.1 Å². The van der Waals surface area contributed by atoms with Crippen LogP contribution in [0.1, 0.15) is 38.1 Å². The average molecular weight is 238 g/mol. The number of rotatable bonds is 2. The first-order chi connectivity index (χ1) is 7.71. The van der Waals surface area contributed by atoms with Gasteiger partial charge < -0.3 is 11.1 Å². The highest BCUT2D eigenvalue weighted by molar-refractivity contribution is 5.99. The van der Waals surface area contributed by atoms with E-state index in [0.717, 1.165) is 6.07 Å². The second-order valence-corrected chi connectivity index (χ2v) is 5.29. The fourth-order valence-corrected chi connectivity index (χ4v) is 1.23. The van der Waals surface area contributed by atoms with Crippen molar-refractivity contribution in [2.45, 2.75) is 33.7 Å². The van der Waals surface area contributed by atoms with Gasteiger partial charge in [0.25, 0.3) is 5.91 Å². The maximum atomic E-state index is 12.9. The number of hydrogen-bond acceptors (Lipinski definition) is 2. The molecule has 94 valence electrons. The summed E-state index contributed by atoms with van der Waals surface area (Å²) in [5, 5.41) is 2.86. The molecule has 3 nitrogen and oxygen atoms in total. The SMILES string of the molecule is CC(NC(=O)c1ccc(F)cc1N)C(C)(C)C. The Kier molecular flexibility index (Phi) is 3.76. The molecule has 0 bridgehead atoms. The molecule has 4 heteroatoms. The van der Waals surface area contributed by atoms with Gasteiger partial charge in [0.05, 0.1) is 5.56 Å². The zero-order valence-electron chi connectivity index (χ0n) is 10.7. The summed E-state index contributed by atoms with van der Waals surface area (Å²) in [4.78, 5) is 11.9. The van der Waals surface area contributed by atoms with Crippen LogP contribution >= 0.6 is 0 Å². The molecular formula is C13H19FN2O. The van der Waals surface area contributed by atoms with Gasteiger partial charge in [0.1, 0.15) is 5.82 Å². The van der Waals surface area contributed by atoms with Crippen molar-refractivity contribution < 1.29 is 9.18 Å². The molecule has 0 saturated heterocycles. The molecule has 0 radical (unpaired) electrons. The zero-order chi connectivity index (χ0) is 13.2. The third-order valence-corrected chi connectivity index (χ3v) is 2.90. The van der Waals surface area contributed by atoms with Gasteiger partial charge in [-0.1, -0.05) is 20.8 Å². The van der Waals surface area contributed by atoms with Crippen molar-refractivity contribution in [3.63, 3.8) is 0 Å². The molecule has 1 aromatic rings. The van der Waals surface area contributed by atoms with Gasteiger partial charge in [-0.3, -0.25) is 4.79 Å². The summed E-state index contributed by atoms with van der Waals surface area (Å²) in [5.74, 6) is -0.715. The Morgan fingerprint density at radius 1 is 1.41 bits per heavy atom. The summed E-state index contributed by atoms with van der Waals surface area (Å²) in [6, 6.07) is 3.78. The van der Waals surface area contributed by atoms with Gasteiger partial charge in [-0.25, -0.2) is 4.39 Å². The minimum atomic E-state index is -0.442. The number of halogens is 1. The van der Waals surface area contributed by atoms with Crippen LogP contribution in [0.4, 0.5) is 10.1 Å². The lowest BCUT2D eigenvalue weighted by atomic mass is 9.88. The summed E-state index contributed by atoms with van der Waals surface area (Å²) in [6.07, 6.45) is 0. The molecule has 1 amide bonds. The molecule has 1 aromatic carbocycles. The normalized spacial score (nSPS) is 13.2. The van der Waals surface area contributed by atoms with Gasteiger partial charge in [-0.2, -0.15) is 0 Å². The van der Waals surface area contributed by atoms with Gasteiger partial charge >= 0.3 is 0 Å². The van der Waals surface area contributed by atoms with Crippen LogP contribution in [0.2, 0.25) is 0 Å². The predicted octanol–water partition coefficient (Wildman–Crippen LogP) is 2.57. The molecule has 3 N–H and O–H groups in total. The number of nitrogen functional groups attached to an aromatic ring is 1. The Morgan fingerprint density at radius 2 is 2.00 bits per heavy atom. The van der Waals surface area contributed by atoms with Gasteiger partial charge in [-0.05, 0) is 30.5 Å². The highest BCUT2D eigenvalue weighted by Gasteiger charge is 2.22. The maximum Gasteiger partial charge on any atom is 0.253 e. The van der Waals surface area contributed by atoms with Crippen LogP contribution in [-0.2, 0) is 0 Å². The van der Waals surface area contributed by atoms with E-state index in [9.17, 15) is 9.18 Å². The Labute approximate surface area is 101 Å². The standard InChI is InChI=1S/C13H19FN2O/c1-8(13(2,3)4)16-12(17)10-6-5-9(14)7-11(10)15/h5-8H,15H2,1-4H3,(H,16,17). The monoisotopic (exact) mass is 238 g/mol. The van der Waals surface area contributed by atoms with Gasteiger partial charge in [-0.15, -0.1) is 0 Å². The molecule has 1 rings (SSSR count). The lowest BCUT2D eigenvalue weighted by Gasteiger charge is -2.28. The van der Waals surface area contributed by atoms with E-state index in [0.29, 0.717) is 5.56 Å². The largest absolute Gasteiger partial charge is 0.398 e. The number of benzene rings is 1. The molecule has 1 atom stereocenters. The van der Waals surface area contributed by atoms with Crippen LogP contribution in [0.15, 0.2) is 18.2 Å². The van der Waals surface area contributed by atoms with Crippen molar-refractivity contribution in [1.82, 2.24) is 5.32 Å². The summed E-state index contributed by atoms with van der Waals surface area (Å²) < 4.78 is 12.9. The fourth-order valence-electron chi connectivity index (χ4n) is 1.23. The Hall–Kier alpha value is -1.58. The molecule has 0 aliphatic heterocycles. The Bertz CT molecular complexity index is 424. The minimum absolute atomic E-state index is 0.000506. The number of amides is 1. The topological polar surface area (TPSA) is 55.1 Å². The molecule has 0 fully saturated rings. The van der Waals surface area contributed by atoms with Crippen molar-refractivity contribution >= 4 is 11.6 Å². The van der Waals surface area contributed by atoms with Crippen LogP contribution in [-0.4, -0.2) is 11.9 Å². The molecule has 17 heavy (non-hydrogen) atoms. The first kappa shape index (κ1) is 13.5. The summed E-state index contributed by atoms with van der Waals surface area (Å²) in [7, 11) is 0. The van der Waals surface area contributed by atoms with Crippen molar-refractivity contribution in [2.75, 3.05) is 5.73 Å². The average Bonchev–Trinajstić information content (AvgIpc) is 2.15. The zero-order valence-corrected chi connectivity index (χ0v) is 10.7. The van der Waals surface area contributed by atoms with Crippen LogP contribution in [0, 0.1) is 11.2 Å². The first-order valence-corrected chi connectivity index (χ1v) is 5.57. The fraction of sp³-hybridized carbons (Fsp3) is 0.462. The molecule has 0 aliphatic carbocycles. The lowest BCUT2D eigenvalue weighted by Crippen LogP contribution is -2.41. The van der Waals surface area contributed by atoms with Crippen molar-refractivity contribution in [1.29, 1.82) is 0 Å². The maximum absolute atomic E-state index is 12.9. The Morgan fingerprint density at radius 3 is 2.47 bits per heavy atom.